The summed E-state index contributed by atoms with van der Waals surface area (Å²) in [5, 5.41) is 3.54. The Bertz CT molecular complexity index is 738. The predicted octanol–water partition coefficient (Wildman–Crippen LogP) is 2.65. The van der Waals surface area contributed by atoms with Crippen molar-refractivity contribution in [3.63, 3.8) is 0 Å². The Labute approximate surface area is 152 Å². The number of esters is 1. The van der Waals surface area contributed by atoms with E-state index in [1.807, 2.05) is 10.8 Å². The van der Waals surface area contributed by atoms with Crippen LogP contribution in [-0.4, -0.2) is 40.3 Å². The fraction of sp³-hybridized carbons (Fsp3) is 0.389. The highest BCUT2D eigenvalue weighted by Crippen LogP contribution is 2.22. The fourth-order valence-electron chi connectivity index (χ4n) is 2.51. The maximum absolute atomic E-state index is 12.1. The van der Waals surface area contributed by atoms with Crippen LogP contribution in [0.25, 0.3) is 5.69 Å². The topological polar surface area (TPSA) is 73.2 Å². The van der Waals surface area contributed by atoms with Crippen LogP contribution in [0.4, 0.5) is 0 Å². The van der Waals surface area contributed by atoms with Gasteiger partial charge in [0.05, 0.1) is 19.3 Å². The molecule has 7 heteroatoms. The summed E-state index contributed by atoms with van der Waals surface area (Å²) < 4.78 is 6.56. The van der Waals surface area contributed by atoms with Crippen LogP contribution in [0.5, 0.6) is 0 Å². The second-order valence-electron chi connectivity index (χ2n) is 5.96. The van der Waals surface area contributed by atoms with Crippen molar-refractivity contribution in [2.75, 3.05) is 12.9 Å². The minimum Gasteiger partial charge on any atom is -0.469 e. The Morgan fingerprint density at radius 1 is 1.28 bits per heavy atom. The van der Waals surface area contributed by atoms with E-state index in [2.05, 4.69) is 47.1 Å². The van der Waals surface area contributed by atoms with Crippen LogP contribution in [0, 0.1) is 13.8 Å². The number of thioether (sulfide) groups is 1. The van der Waals surface area contributed by atoms with E-state index >= 15 is 0 Å². The van der Waals surface area contributed by atoms with Crippen LogP contribution >= 0.6 is 11.8 Å². The van der Waals surface area contributed by atoms with E-state index in [1.54, 1.807) is 13.1 Å². The lowest BCUT2D eigenvalue weighted by Crippen LogP contribution is -2.35. The molecule has 0 aliphatic rings. The maximum Gasteiger partial charge on any atom is 0.307 e. The summed E-state index contributed by atoms with van der Waals surface area (Å²) in [4.78, 5) is 27.6. The number of aryl methyl sites for hydroxylation is 2. The molecule has 0 saturated carbocycles. The Kier molecular flexibility index (Phi) is 6.64. The molecule has 2 rings (SSSR count). The summed E-state index contributed by atoms with van der Waals surface area (Å²) in [6.45, 7) is 5.88. The summed E-state index contributed by atoms with van der Waals surface area (Å²) in [7, 11) is 1.33. The monoisotopic (exact) mass is 361 g/mol. The molecule has 0 saturated heterocycles. The second-order valence-corrected chi connectivity index (χ2v) is 6.91. The number of nitrogens with zero attached hydrogens (tertiary/aromatic N) is 2. The Hall–Kier alpha value is -2.28. The van der Waals surface area contributed by atoms with Gasteiger partial charge in [-0.15, -0.1) is 0 Å². The van der Waals surface area contributed by atoms with E-state index in [9.17, 15) is 9.59 Å². The van der Waals surface area contributed by atoms with E-state index in [-0.39, 0.29) is 30.1 Å². The highest BCUT2D eigenvalue weighted by Gasteiger charge is 2.14. The Morgan fingerprint density at radius 2 is 1.96 bits per heavy atom. The van der Waals surface area contributed by atoms with Gasteiger partial charge in [-0.05, 0) is 44.0 Å². The van der Waals surface area contributed by atoms with Crippen molar-refractivity contribution < 1.29 is 14.3 Å². The smallest absolute Gasteiger partial charge is 0.307 e. The van der Waals surface area contributed by atoms with Crippen molar-refractivity contribution in [1.29, 1.82) is 0 Å². The lowest BCUT2D eigenvalue weighted by atomic mass is 10.1. The molecule has 2 aromatic rings. The van der Waals surface area contributed by atoms with Crippen molar-refractivity contribution in [3.05, 3.63) is 41.7 Å². The molecule has 1 heterocycles. The van der Waals surface area contributed by atoms with Gasteiger partial charge in [0, 0.05) is 24.1 Å². The molecule has 1 unspecified atom stereocenters. The quantitative estimate of drug-likeness (QED) is 0.606. The number of benzene rings is 1. The van der Waals surface area contributed by atoms with E-state index < -0.39 is 0 Å². The summed E-state index contributed by atoms with van der Waals surface area (Å²) >= 11 is 1.36. The lowest BCUT2D eigenvalue weighted by Gasteiger charge is -2.13. The summed E-state index contributed by atoms with van der Waals surface area (Å²) in [6, 6.07) is 6.01. The number of hydrogen-bond donors (Lipinski definition) is 1. The van der Waals surface area contributed by atoms with Gasteiger partial charge in [-0.3, -0.25) is 14.2 Å². The van der Waals surface area contributed by atoms with Gasteiger partial charge in [-0.1, -0.05) is 17.8 Å². The molecule has 6 nitrogen and oxygen atoms in total. The Morgan fingerprint density at radius 3 is 2.60 bits per heavy atom. The highest BCUT2D eigenvalue weighted by atomic mass is 32.2. The number of rotatable bonds is 7. The SMILES string of the molecule is COC(=O)CC(C)NC(=O)CSc1nccn1-c1cc(C)cc(C)c1. The number of hydrogen-bond acceptors (Lipinski definition) is 5. The molecule has 0 aliphatic heterocycles. The van der Waals surface area contributed by atoms with Crippen LogP contribution < -0.4 is 5.32 Å². The van der Waals surface area contributed by atoms with E-state index in [0.29, 0.717) is 0 Å². The van der Waals surface area contributed by atoms with Crippen LogP contribution in [0.2, 0.25) is 0 Å². The molecule has 1 N–H and O–H groups in total. The molecule has 1 aromatic carbocycles. The number of ether oxygens (including phenoxy) is 1. The van der Waals surface area contributed by atoms with E-state index in [1.165, 1.54) is 30.0 Å². The molecule has 134 valence electrons. The first-order valence-corrected chi connectivity index (χ1v) is 8.98. The van der Waals surface area contributed by atoms with Crippen LogP contribution in [-0.2, 0) is 14.3 Å². The van der Waals surface area contributed by atoms with Gasteiger partial charge in [0.1, 0.15) is 0 Å². The molecule has 1 aromatic heterocycles. The molecule has 0 fully saturated rings. The van der Waals surface area contributed by atoms with Crippen molar-refractivity contribution >= 4 is 23.6 Å². The van der Waals surface area contributed by atoms with Crippen LogP contribution in [0.15, 0.2) is 35.7 Å². The van der Waals surface area contributed by atoms with Gasteiger partial charge in [-0.2, -0.15) is 0 Å². The number of aromatic nitrogens is 2. The summed E-state index contributed by atoms with van der Waals surface area (Å²) in [6.07, 6.45) is 3.76. The molecule has 0 aliphatic carbocycles. The molecular formula is C18H23N3O3S. The van der Waals surface area contributed by atoms with Gasteiger partial charge < -0.3 is 10.1 Å². The van der Waals surface area contributed by atoms with Crippen molar-refractivity contribution in [3.8, 4) is 5.69 Å². The van der Waals surface area contributed by atoms with Crippen molar-refractivity contribution in [2.45, 2.75) is 38.4 Å². The average Bonchev–Trinajstić information content (AvgIpc) is 3.00. The standard InChI is InChI=1S/C18H23N3O3S/c1-12-7-13(2)9-15(8-12)21-6-5-19-18(21)25-11-16(22)20-14(3)10-17(23)24-4/h5-9,14H,10-11H2,1-4H3,(H,20,22). The Balaban J connectivity index is 1.97. The van der Waals surface area contributed by atoms with Crippen molar-refractivity contribution in [1.82, 2.24) is 14.9 Å². The molecule has 0 bridgehead atoms. The molecule has 0 spiro atoms. The van der Waals surface area contributed by atoms with Crippen molar-refractivity contribution in [2.24, 2.45) is 0 Å². The van der Waals surface area contributed by atoms with Crippen LogP contribution in [0.3, 0.4) is 0 Å². The minimum absolute atomic E-state index is 0.142. The number of nitrogens with one attached hydrogen (secondary N) is 1. The maximum atomic E-state index is 12.1. The molecule has 1 atom stereocenters. The minimum atomic E-state index is -0.342. The normalized spacial score (nSPS) is 11.8. The van der Waals surface area contributed by atoms with Gasteiger partial charge >= 0.3 is 5.97 Å². The van der Waals surface area contributed by atoms with E-state index in [4.69, 9.17) is 0 Å². The summed E-state index contributed by atoms with van der Waals surface area (Å²) in [5.74, 6) is -0.255. The summed E-state index contributed by atoms with van der Waals surface area (Å²) in [5.41, 5.74) is 3.38. The zero-order valence-electron chi connectivity index (χ0n) is 14.9. The van der Waals surface area contributed by atoms with Crippen LogP contribution in [0.1, 0.15) is 24.5 Å². The average molecular weight is 361 g/mol. The van der Waals surface area contributed by atoms with E-state index in [0.717, 1.165) is 10.8 Å². The molecule has 25 heavy (non-hydrogen) atoms. The number of imidazole rings is 1. The molecule has 1 amide bonds. The highest BCUT2D eigenvalue weighted by molar-refractivity contribution is 7.99. The largest absolute Gasteiger partial charge is 0.469 e. The number of amides is 1. The third-order valence-electron chi connectivity index (χ3n) is 3.53. The van der Waals surface area contributed by atoms with Gasteiger partial charge in [-0.25, -0.2) is 4.98 Å². The van der Waals surface area contributed by atoms with Gasteiger partial charge in [0.25, 0.3) is 0 Å². The second kappa shape index (κ2) is 8.71. The molecule has 0 radical (unpaired) electrons. The first-order chi connectivity index (χ1) is 11.9. The first kappa shape index (κ1) is 19.1. The number of carbonyl (C=O) groups is 2. The zero-order chi connectivity index (χ0) is 18.4. The van der Waals surface area contributed by atoms with Gasteiger partial charge in [0.2, 0.25) is 5.91 Å². The number of carbonyl (C=O) groups excluding carboxylic acids is 2. The lowest BCUT2D eigenvalue weighted by molar-refractivity contribution is -0.141. The zero-order valence-corrected chi connectivity index (χ0v) is 15.7. The molecular weight excluding hydrogens is 338 g/mol. The number of methoxy groups -OCH3 is 1. The first-order valence-electron chi connectivity index (χ1n) is 8.00. The third kappa shape index (κ3) is 5.63. The van der Waals surface area contributed by atoms with Gasteiger partial charge in [0.15, 0.2) is 5.16 Å². The fourth-order valence-corrected chi connectivity index (χ4v) is 3.30. The predicted molar refractivity (Wildman–Crippen MR) is 98.0 cm³/mol. The third-order valence-corrected chi connectivity index (χ3v) is 4.50.